The number of alkyl halides is 1. The van der Waals surface area contributed by atoms with Gasteiger partial charge in [-0.3, -0.25) is 4.79 Å². The second kappa shape index (κ2) is 7.43. The van der Waals surface area contributed by atoms with Gasteiger partial charge in [0.15, 0.2) is 12.4 Å². The van der Waals surface area contributed by atoms with Gasteiger partial charge in [-0.25, -0.2) is 4.79 Å². The number of benzene rings is 1. The van der Waals surface area contributed by atoms with Gasteiger partial charge in [0.2, 0.25) is 0 Å². The van der Waals surface area contributed by atoms with Crippen molar-refractivity contribution in [2.75, 3.05) is 12.5 Å². The van der Waals surface area contributed by atoms with Crippen LogP contribution in [0.3, 0.4) is 0 Å². The topological polar surface area (TPSA) is 75.6 Å². The van der Waals surface area contributed by atoms with E-state index in [0.29, 0.717) is 11.3 Å². The number of hydrogen-bond donors (Lipinski definition) is 2. The molecule has 0 saturated carbocycles. The molecule has 6 heteroatoms. The van der Waals surface area contributed by atoms with E-state index in [1.165, 1.54) is 0 Å². The summed E-state index contributed by atoms with van der Waals surface area (Å²) >= 11 is 5.86. The fraction of sp³-hybridized carbons (Fsp3) is 0.467. The van der Waals surface area contributed by atoms with Crippen LogP contribution in [-0.4, -0.2) is 40.9 Å². The van der Waals surface area contributed by atoms with E-state index >= 15 is 0 Å². The van der Waals surface area contributed by atoms with E-state index in [-0.39, 0.29) is 17.2 Å². The number of hydrogen-bond acceptors (Lipinski definition) is 4. The van der Waals surface area contributed by atoms with E-state index in [0.717, 1.165) is 0 Å². The maximum atomic E-state index is 12.3. The summed E-state index contributed by atoms with van der Waals surface area (Å²) in [5.41, 5.74) is 0.278. The molecule has 0 fully saturated rings. The molecule has 0 amide bonds. The van der Waals surface area contributed by atoms with Gasteiger partial charge in [0.25, 0.3) is 0 Å². The largest absolute Gasteiger partial charge is 0.482 e. The molecule has 21 heavy (non-hydrogen) atoms. The Hall–Kier alpha value is -1.59. The number of carbonyl (C=O) groups excluding carboxylic acids is 1. The molecule has 116 valence electrons. The molecule has 0 aliphatic carbocycles. The fourth-order valence-electron chi connectivity index (χ4n) is 1.76. The van der Waals surface area contributed by atoms with Crippen molar-refractivity contribution >= 4 is 23.4 Å². The van der Waals surface area contributed by atoms with Gasteiger partial charge in [-0.2, -0.15) is 0 Å². The Morgan fingerprint density at radius 1 is 1.29 bits per heavy atom. The Balaban J connectivity index is 2.75. The molecule has 0 radical (unpaired) electrons. The Bertz CT molecular complexity index is 493. The maximum Gasteiger partial charge on any atom is 0.341 e. The normalized spacial score (nSPS) is 12.8. The van der Waals surface area contributed by atoms with Crippen molar-refractivity contribution in [3.63, 3.8) is 0 Å². The first-order chi connectivity index (χ1) is 9.73. The van der Waals surface area contributed by atoms with Gasteiger partial charge in [0, 0.05) is 17.0 Å². The van der Waals surface area contributed by atoms with E-state index in [1.54, 1.807) is 24.3 Å². The Kier molecular flexibility index (Phi) is 6.18. The summed E-state index contributed by atoms with van der Waals surface area (Å²) < 4.78 is 5.02. The van der Waals surface area contributed by atoms with Crippen LogP contribution < -0.4 is 10.1 Å². The molecular weight excluding hydrogens is 294 g/mol. The average molecular weight is 314 g/mol. The molecule has 5 nitrogen and oxygen atoms in total. The molecule has 0 aliphatic heterocycles. The van der Waals surface area contributed by atoms with Crippen LogP contribution >= 0.6 is 11.6 Å². The van der Waals surface area contributed by atoms with Crippen molar-refractivity contribution in [2.24, 2.45) is 0 Å². The van der Waals surface area contributed by atoms with Crippen molar-refractivity contribution in [3.8, 4) is 5.75 Å². The summed E-state index contributed by atoms with van der Waals surface area (Å²) in [5, 5.41) is 11.7. The van der Waals surface area contributed by atoms with E-state index < -0.39 is 18.6 Å². The minimum Gasteiger partial charge on any atom is -0.482 e. The first kappa shape index (κ1) is 17.5. The van der Waals surface area contributed by atoms with Crippen molar-refractivity contribution < 1.29 is 19.4 Å². The number of rotatable bonds is 7. The van der Waals surface area contributed by atoms with E-state index in [1.807, 2.05) is 20.8 Å². The predicted octanol–water partition coefficient (Wildman–Crippen LogP) is 2.33. The van der Waals surface area contributed by atoms with Crippen molar-refractivity contribution in [1.29, 1.82) is 0 Å². The number of carboxylic acids is 1. The van der Waals surface area contributed by atoms with Crippen LogP contribution in [0.15, 0.2) is 24.3 Å². The van der Waals surface area contributed by atoms with E-state index in [9.17, 15) is 9.59 Å². The lowest BCUT2D eigenvalue weighted by Gasteiger charge is -2.26. The summed E-state index contributed by atoms with van der Waals surface area (Å²) in [6, 6.07) is 5.86. The standard InChI is InChI=1S/C15H20ClNO4/c1-15(2,3)17-12(8-16)14(20)10-4-6-11(7-5-10)21-9-13(18)19/h4-7,12,17H,8-9H2,1-3H3,(H,18,19). The van der Waals surface area contributed by atoms with Crippen molar-refractivity contribution in [3.05, 3.63) is 29.8 Å². The highest BCUT2D eigenvalue weighted by Crippen LogP contribution is 2.15. The molecule has 1 atom stereocenters. The van der Waals surface area contributed by atoms with Gasteiger partial charge in [0.05, 0.1) is 6.04 Å². The summed E-state index contributed by atoms with van der Waals surface area (Å²) in [6.07, 6.45) is 0. The van der Waals surface area contributed by atoms with E-state index in [2.05, 4.69) is 5.32 Å². The van der Waals surface area contributed by atoms with Crippen molar-refractivity contribution in [2.45, 2.75) is 32.4 Å². The van der Waals surface area contributed by atoms with Gasteiger partial charge in [-0.15, -0.1) is 11.6 Å². The molecule has 0 heterocycles. The number of ether oxygens (including phenoxy) is 1. The van der Waals surface area contributed by atoms with Crippen LogP contribution in [0.4, 0.5) is 0 Å². The summed E-state index contributed by atoms with van der Waals surface area (Å²) in [5.74, 6) is -0.579. The lowest BCUT2D eigenvalue weighted by atomic mass is 10.0. The van der Waals surface area contributed by atoms with Gasteiger partial charge in [-0.1, -0.05) is 0 Å². The zero-order chi connectivity index (χ0) is 16.0. The molecular formula is C15H20ClNO4. The minimum absolute atomic E-state index is 0.107. The second-order valence-corrected chi connectivity index (χ2v) is 5.98. The number of halogens is 1. The molecule has 2 N–H and O–H groups in total. The van der Waals surface area contributed by atoms with E-state index in [4.69, 9.17) is 21.4 Å². The smallest absolute Gasteiger partial charge is 0.341 e. The molecule has 1 aromatic rings. The Morgan fingerprint density at radius 3 is 2.29 bits per heavy atom. The van der Waals surface area contributed by atoms with Crippen LogP contribution in [0.25, 0.3) is 0 Å². The number of carbonyl (C=O) groups is 2. The lowest BCUT2D eigenvalue weighted by molar-refractivity contribution is -0.139. The zero-order valence-electron chi connectivity index (χ0n) is 12.4. The Labute approximate surface area is 129 Å². The third-order valence-corrected chi connectivity index (χ3v) is 2.89. The zero-order valence-corrected chi connectivity index (χ0v) is 13.1. The predicted molar refractivity (Wildman–Crippen MR) is 81.3 cm³/mol. The molecule has 0 saturated heterocycles. The molecule has 1 unspecified atom stereocenters. The number of aliphatic carboxylic acids is 1. The van der Waals surface area contributed by atoms with Gasteiger partial charge < -0.3 is 15.2 Å². The number of carboxylic acid groups (broad SMARTS) is 1. The average Bonchev–Trinajstić information content (AvgIpc) is 2.41. The van der Waals surface area contributed by atoms with Crippen LogP contribution in [0.2, 0.25) is 0 Å². The van der Waals surface area contributed by atoms with Crippen LogP contribution in [0.5, 0.6) is 5.75 Å². The third kappa shape index (κ3) is 6.14. The quantitative estimate of drug-likeness (QED) is 0.597. The lowest BCUT2D eigenvalue weighted by Crippen LogP contribution is -2.48. The molecule has 1 rings (SSSR count). The van der Waals surface area contributed by atoms with Gasteiger partial charge in [0.1, 0.15) is 5.75 Å². The molecule has 0 aliphatic rings. The first-order valence-corrected chi connectivity index (χ1v) is 7.09. The SMILES string of the molecule is CC(C)(C)NC(CCl)C(=O)c1ccc(OCC(=O)O)cc1. The third-order valence-electron chi connectivity index (χ3n) is 2.58. The monoisotopic (exact) mass is 313 g/mol. The second-order valence-electron chi connectivity index (χ2n) is 5.67. The first-order valence-electron chi connectivity index (χ1n) is 6.55. The fourth-order valence-corrected chi connectivity index (χ4v) is 1.98. The summed E-state index contributed by atoms with van der Waals surface area (Å²) in [4.78, 5) is 22.8. The number of ketones is 1. The highest BCUT2D eigenvalue weighted by Gasteiger charge is 2.23. The van der Waals surface area contributed by atoms with Gasteiger partial charge >= 0.3 is 5.97 Å². The summed E-state index contributed by atoms with van der Waals surface area (Å²) in [6.45, 7) is 5.47. The van der Waals surface area contributed by atoms with Crippen LogP contribution in [-0.2, 0) is 4.79 Å². The highest BCUT2D eigenvalue weighted by atomic mass is 35.5. The van der Waals surface area contributed by atoms with Crippen LogP contribution in [0.1, 0.15) is 31.1 Å². The minimum atomic E-state index is -1.05. The Morgan fingerprint density at radius 2 is 1.86 bits per heavy atom. The maximum absolute atomic E-state index is 12.3. The molecule has 1 aromatic carbocycles. The molecule has 0 spiro atoms. The summed E-state index contributed by atoms with van der Waals surface area (Å²) in [7, 11) is 0. The van der Waals surface area contributed by atoms with Crippen LogP contribution in [0, 0.1) is 0 Å². The molecule has 0 aromatic heterocycles. The van der Waals surface area contributed by atoms with Crippen molar-refractivity contribution in [1.82, 2.24) is 5.32 Å². The highest BCUT2D eigenvalue weighted by molar-refractivity contribution is 6.21. The molecule has 0 bridgehead atoms. The van der Waals surface area contributed by atoms with Gasteiger partial charge in [-0.05, 0) is 45.0 Å². The number of nitrogens with one attached hydrogen (secondary N) is 1. The number of Topliss-reactive ketones (excluding diaryl/α,β-unsaturated/α-hetero) is 1.